The summed E-state index contributed by atoms with van der Waals surface area (Å²) in [5.41, 5.74) is 4.31. The lowest BCUT2D eigenvalue weighted by Crippen LogP contribution is -2.42. The third-order valence-corrected chi connectivity index (χ3v) is 5.73. The van der Waals surface area contributed by atoms with Crippen LogP contribution in [0.15, 0.2) is 59.5 Å². The van der Waals surface area contributed by atoms with Gasteiger partial charge in [0, 0.05) is 24.2 Å². The number of anilines is 1. The molecule has 1 heterocycles. The highest BCUT2D eigenvalue weighted by Gasteiger charge is 2.22. The Hall–Kier alpha value is -3.85. The number of nitrogens with zero attached hydrogens (tertiary/aromatic N) is 2. The lowest BCUT2D eigenvalue weighted by Gasteiger charge is -2.21. The average molecular weight is 512 g/mol. The number of aryl methyl sites for hydroxylation is 1. The third-order valence-electron chi connectivity index (χ3n) is 5.49. The molecule has 2 amide bonds. The summed E-state index contributed by atoms with van der Waals surface area (Å²) in [6.07, 6.45) is 1.69. The molecular formula is C26H30ClN5O4. The van der Waals surface area contributed by atoms with Crippen LogP contribution in [0.4, 0.5) is 5.82 Å². The van der Waals surface area contributed by atoms with E-state index in [0.29, 0.717) is 41.4 Å². The average Bonchev–Trinajstić information content (AvgIpc) is 2.87. The number of carbonyl (C=O) groups excluding carboxylic acids is 2. The van der Waals surface area contributed by atoms with Gasteiger partial charge in [-0.25, -0.2) is 9.66 Å². The normalized spacial score (nSPS) is 11.4. The van der Waals surface area contributed by atoms with Crippen LogP contribution in [-0.2, 0) is 22.4 Å². The number of hydrogen-bond acceptors (Lipinski definition) is 6. The van der Waals surface area contributed by atoms with Crippen LogP contribution in [0, 0.1) is 6.92 Å². The van der Waals surface area contributed by atoms with Crippen molar-refractivity contribution in [1.82, 2.24) is 15.0 Å². The van der Waals surface area contributed by atoms with E-state index in [1.807, 2.05) is 30.3 Å². The first-order valence-corrected chi connectivity index (χ1v) is 12.0. The molecule has 0 aliphatic carbocycles. The van der Waals surface area contributed by atoms with E-state index in [1.54, 1.807) is 32.0 Å². The van der Waals surface area contributed by atoms with E-state index >= 15 is 0 Å². The second-order valence-corrected chi connectivity index (χ2v) is 8.58. The number of carbonyl (C=O) groups is 2. The maximum atomic E-state index is 13.1. The fourth-order valence-corrected chi connectivity index (χ4v) is 3.68. The molecule has 3 N–H and O–H groups in total. The molecule has 3 rings (SSSR count). The van der Waals surface area contributed by atoms with Gasteiger partial charge in [0.25, 0.3) is 5.91 Å². The largest absolute Gasteiger partial charge is 0.480 e. The van der Waals surface area contributed by atoms with E-state index in [2.05, 4.69) is 21.0 Å². The van der Waals surface area contributed by atoms with Crippen molar-refractivity contribution in [1.29, 1.82) is 0 Å². The molecule has 0 saturated carbocycles. The molecule has 1 atom stereocenters. The van der Waals surface area contributed by atoms with Crippen molar-refractivity contribution in [3.8, 4) is 5.75 Å². The molecule has 36 heavy (non-hydrogen) atoms. The highest BCUT2D eigenvalue weighted by atomic mass is 35.5. The fraction of sp³-hybridized carbons (Fsp3) is 0.308. The molecule has 0 aliphatic heterocycles. The van der Waals surface area contributed by atoms with Crippen molar-refractivity contribution >= 4 is 29.2 Å². The number of likely N-dealkylation sites (N-methyl/N-ethyl adjacent to an activating group) is 1. The fourth-order valence-electron chi connectivity index (χ4n) is 3.49. The van der Waals surface area contributed by atoms with Gasteiger partial charge in [0.15, 0.2) is 11.9 Å². The van der Waals surface area contributed by atoms with Crippen LogP contribution >= 0.6 is 11.6 Å². The van der Waals surface area contributed by atoms with Gasteiger partial charge in [-0.2, -0.15) is 0 Å². The predicted octanol–water partition coefficient (Wildman–Crippen LogP) is 3.08. The Labute approximate surface area is 214 Å². The minimum absolute atomic E-state index is 0.0470. The second-order valence-electron chi connectivity index (χ2n) is 8.14. The number of aromatic nitrogens is 2. The number of hydrogen-bond donors (Lipinski definition) is 3. The van der Waals surface area contributed by atoms with E-state index in [-0.39, 0.29) is 18.1 Å². The van der Waals surface area contributed by atoms with Crippen molar-refractivity contribution in [2.24, 2.45) is 0 Å². The second kappa shape index (κ2) is 12.7. The van der Waals surface area contributed by atoms with Crippen molar-refractivity contribution in [3.63, 3.8) is 0 Å². The first kappa shape index (κ1) is 26.7. The molecule has 0 aliphatic rings. The lowest BCUT2D eigenvalue weighted by molar-refractivity contribution is -0.123. The molecule has 1 aromatic heterocycles. The molecule has 0 radical (unpaired) electrons. The minimum Gasteiger partial charge on any atom is -0.480 e. The highest BCUT2D eigenvalue weighted by Crippen LogP contribution is 2.25. The van der Waals surface area contributed by atoms with E-state index in [9.17, 15) is 14.4 Å². The smallest absolute Gasteiger partial charge is 0.312 e. The summed E-state index contributed by atoms with van der Waals surface area (Å²) >= 11 is 6.09. The molecule has 2 aromatic carbocycles. The number of halogens is 1. The summed E-state index contributed by atoms with van der Waals surface area (Å²) in [6.45, 7) is 3.97. The quantitative estimate of drug-likeness (QED) is 0.364. The number of ether oxygens (including phenoxy) is 1. The Balaban J connectivity index is 1.73. The molecule has 190 valence electrons. The van der Waals surface area contributed by atoms with Gasteiger partial charge in [0.05, 0.1) is 18.3 Å². The summed E-state index contributed by atoms with van der Waals surface area (Å²) in [5, 5.41) is 6.05. The topological polar surface area (TPSA) is 114 Å². The number of benzene rings is 2. The van der Waals surface area contributed by atoms with Crippen molar-refractivity contribution in [3.05, 3.63) is 86.9 Å². The molecule has 0 saturated heterocycles. The predicted molar refractivity (Wildman–Crippen MR) is 140 cm³/mol. The zero-order valence-corrected chi connectivity index (χ0v) is 21.3. The molecule has 0 bridgehead atoms. The van der Waals surface area contributed by atoms with E-state index < -0.39 is 17.6 Å². The standard InChI is InChI=1S/C26H30ClN5O4/c1-4-21(36-22-11-10-20(27)14-19(22)15-23(33)28-3)25(34)31-32-17(2)16-30-24(26(32)35)29-13-12-18-8-6-5-7-9-18/h5-11,14,16,21H,4,12-13,15H2,1-3H3,(H,28,33)(H,29,30)(H,31,34). The van der Waals surface area contributed by atoms with Crippen LogP contribution < -0.4 is 26.4 Å². The van der Waals surface area contributed by atoms with Gasteiger partial charge in [0.1, 0.15) is 5.75 Å². The summed E-state index contributed by atoms with van der Waals surface area (Å²) in [7, 11) is 1.54. The van der Waals surface area contributed by atoms with Crippen LogP contribution in [0.2, 0.25) is 5.02 Å². The van der Waals surface area contributed by atoms with E-state index in [0.717, 1.165) is 10.2 Å². The molecule has 0 fully saturated rings. The van der Waals surface area contributed by atoms with Crippen LogP contribution in [0.25, 0.3) is 0 Å². The zero-order valence-electron chi connectivity index (χ0n) is 20.5. The maximum Gasteiger partial charge on any atom is 0.312 e. The first-order valence-electron chi connectivity index (χ1n) is 11.6. The number of amides is 2. The molecule has 0 spiro atoms. The van der Waals surface area contributed by atoms with Crippen molar-refractivity contribution < 1.29 is 14.3 Å². The molecule has 3 aromatic rings. The van der Waals surface area contributed by atoms with Crippen molar-refractivity contribution in [2.45, 2.75) is 39.2 Å². The maximum absolute atomic E-state index is 13.1. The van der Waals surface area contributed by atoms with Crippen LogP contribution in [0.3, 0.4) is 0 Å². The van der Waals surface area contributed by atoms with Gasteiger partial charge in [-0.3, -0.25) is 19.8 Å². The molecule has 1 unspecified atom stereocenters. The highest BCUT2D eigenvalue weighted by molar-refractivity contribution is 6.30. The molecule has 10 heteroatoms. The van der Waals surface area contributed by atoms with Crippen LogP contribution in [0.5, 0.6) is 5.75 Å². The molecule has 9 nitrogen and oxygen atoms in total. The Morgan fingerprint density at radius 3 is 2.61 bits per heavy atom. The first-order chi connectivity index (χ1) is 17.3. The van der Waals surface area contributed by atoms with Crippen LogP contribution in [-0.4, -0.2) is 41.2 Å². The van der Waals surface area contributed by atoms with Crippen molar-refractivity contribution in [2.75, 3.05) is 24.3 Å². The van der Waals surface area contributed by atoms with Gasteiger partial charge in [0.2, 0.25) is 5.91 Å². The zero-order chi connectivity index (χ0) is 26.1. The summed E-state index contributed by atoms with van der Waals surface area (Å²) in [5.74, 6) is -0.223. The minimum atomic E-state index is -0.913. The Morgan fingerprint density at radius 2 is 1.92 bits per heavy atom. The summed E-state index contributed by atoms with van der Waals surface area (Å²) < 4.78 is 7.11. The van der Waals surface area contributed by atoms with Gasteiger partial charge < -0.3 is 15.4 Å². The van der Waals surface area contributed by atoms with E-state index in [4.69, 9.17) is 16.3 Å². The number of rotatable bonds is 11. The Morgan fingerprint density at radius 1 is 1.17 bits per heavy atom. The van der Waals surface area contributed by atoms with Gasteiger partial charge >= 0.3 is 5.56 Å². The van der Waals surface area contributed by atoms with Gasteiger partial charge in [-0.05, 0) is 43.5 Å². The monoisotopic (exact) mass is 511 g/mol. The third kappa shape index (κ3) is 7.08. The SMILES string of the molecule is CCC(Oc1ccc(Cl)cc1CC(=O)NC)C(=O)Nn1c(C)cnc(NCCc2ccccc2)c1=O. The number of nitrogens with one attached hydrogen (secondary N) is 3. The summed E-state index contributed by atoms with van der Waals surface area (Å²) in [6, 6.07) is 14.8. The molecular weight excluding hydrogens is 482 g/mol. The van der Waals surface area contributed by atoms with Gasteiger partial charge in [-0.15, -0.1) is 0 Å². The van der Waals surface area contributed by atoms with Gasteiger partial charge in [-0.1, -0.05) is 48.9 Å². The van der Waals surface area contributed by atoms with Crippen LogP contribution in [0.1, 0.15) is 30.2 Å². The lowest BCUT2D eigenvalue weighted by atomic mass is 10.1. The Bertz CT molecular complexity index is 1260. The Kier molecular flexibility index (Phi) is 9.46. The van der Waals surface area contributed by atoms with E-state index in [1.165, 1.54) is 13.2 Å². The summed E-state index contributed by atoms with van der Waals surface area (Å²) in [4.78, 5) is 42.2.